The summed E-state index contributed by atoms with van der Waals surface area (Å²) in [6.07, 6.45) is 7.18. The van der Waals surface area contributed by atoms with E-state index < -0.39 is 0 Å². The summed E-state index contributed by atoms with van der Waals surface area (Å²) in [6, 6.07) is 4.89. The lowest BCUT2D eigenvalue weighted by Crippen LogP contribution is -2.16. The van der Waals surface area contributed by atoms with Crippen molar-refractivity contribution >= 4 is 0 Å². The van der Waals surface area contributed by atoms with Crippen LogP contribution in [-0.4, -0.2) is 13.2 Å². The number of hydrogen-bond acceptors (Lipinski definition) is 2. The van der Waals surface area contributed by atoms with E-state index in [1.54, 1.807) is 27.8 Å². The van der Waals surface area contributed by atoms with Gasteiger partial charge in [0.05, 0.1) is 13.2 Å². The van der Waals surface area contributed by atoms with Crippen LogP contribution in [0.2, 0.25) is 0 Å². The van der Waals surface area contributed by atoms with Crippen LogP contribution < -0.4 is 9.47 Å². The number of hydrogen-bond donors (Lipinski definition) is 0. The van der Waals surface area contributed by atoms with E-state index in [9.17, 15) is 0 Å². The third-order valence-electron chi connectivity index (χ3n) is 8.18. The molecule has 30 heavy (non-hydrogen) atoms. The second-order valence-electron chi connectivity index (χ2n) is 10.7. The number of ether oxygens (including phenoxy) is 2. The van der Waals surface area contributed by atoms with Gasteiger partial charge >= 0.3 is 0 Å². The molecule has 0 fully saturated rings. The maximum Gasteiger partial charge on any atom is 0.126 e. The Labute approximate surface area is 181 Å². The molecule has 2 aromatic carbocycles. The lowest BCUT2D eigenvalue weighted by molar-refractivity contribution is 0.348. The fourth-order valence-corrected chi connectivity index (χ4v) is 6.99. The van der Waals surface area contributed by atoms with Gasteiger partial charge in [0.25, 0.3) is 0 Å². The molecule has 6 rings (SSSR count). The van der Waals surface area contributed by atoms with Crippen molar-refractivity contribution in [3.05, 3.63) is 56.6 Å². The zero-order chi connectivity index (χ0) is 20.6. The Hall–Kier alpha value is -1.96. The van der Waals surface area contributed by atoms with Gasteiger partial charge in [0.2, 0.25) is 0 Å². The van der Waals surface area contributed by atoms with Gasteiger partial charge in [-0.15, -0.1) is 0 Å². The van der Waals surface area contributed by atoms with Gasteiger partial charge in [0.15, 0.2) is 0 Å². The summed E-state index contributed by atoms with van der Waals surface area (Å²) in [5.41, 5.74) is 12.6. The van der Waals surface area contributed by atoms with Crippen molar-refractivity contribution in [2.45, 2.75) is 78.1 Å². The summed E-state index contributed by atoms with van der Waals surface area (Å²) >= 11 is 0. The minimum absolute atomic E-state index is 0.541. The molecule has 2 atom stereocenters. The van der Waals surface area contributed by atoms with Crippen LogP contribution >= 0.6 is 0 Å². The van der Waals surface area contributed by atoms with Crippen molar-refractivity contribution in [2.75, 3.05) is 13.2 Å². The zero-order valence-corrected chi connectivity index (χ0v) is 18.9. The molecule has 2 aromatic rings. The predicted octanol–water partition coefficient (Wildman–Crippen LogP) is 5.93. The molecule has 0 N–H and O–H groups in total. The van der Waals surface area contributed by atoms with Crippen LogP contribution in [0.15, 0.2) is 12.1 Å². The van der Waals surface area contributed by atoms with Crippen molar-refractivity contribution in [1.82, 2.24) is 0 Å². The van der Waals surface area contributed by atoms with Gasteiger partial charge in [-0.1, -0.05) is 33.8 Å². The molecule has 0 saturated heterocycles. The third-order valence-corrected chi connectivity index (χ3v) is 8.18. The predicted molar refractivity (Wildman–Crippen MR) is 121 cm³/mol. The molecular weight excluding hydrogens is 368 g/mol. The standard InChI is InChI=1S/C28H34O2/c1-15(2)26-22-6-8-29-25(22)14-21-11-19(12-23(21)26)18-10-20-9-17-5-7-30-28(17)27(16(3)4)24(20)13-18/h9,14-16,18-19H,5-8,10-13H2,1-4H3. The first-order chi connectivity index (χ1) is 14.5. The van der Waals surface area contributed by atoms with Crippen molar-refractivity contribution < 1.29 is 9.47 Å². The molecule has 2 nitrogen and oxygen atoms in total. The topological polar surface area (TPSA) is 18.5 Å². The second kappa shape index (κ2) is 6.77. The second-order valence-corrected chi connectivity index (χ2v) is 10.7. The van der Waals surface area contributed by atoms with E-state index in [1.165, 1.54) is 53.9 Å². The molecular formula is C28H34O2. The smallest absolute Gasteiger partial charge is 0.126 e. The Bertz CT molecular complexity index is 946. The Morgan fingerprint density at radius 3 is 2.00 bits per heavy atom. The van der Waals surface area contributed by atoms with Crippen molar-refractivity contribution in [3.63, 3.8) is 0 Å². The minimum Gasteiger partial charge on any atom is -0.493 e. The van der Waals surface area contributed by atoms with E-state index in [1.807, 2.05) is 0 Å². The normalized spacial score (nSPS) is 23.4. The first kappa shape index (κ1) is 18.8. The zero-order valence-electron chi connectivity index (χ0n) is 18.9. The van der Waals surface area contributed by atoms with Crippen molar-refractivity contribution in [3.8, 4) is 11.5 Å². The van der Waals surface area contributed by atoms with Gasteiger partial charge < -0.3 is 9.47 Å². The molecule has 0 radical (unpaired) electrons. The summed E-state index contributed by atoms with van der Waals surface area (Å²) < 4.78 is 12.1. The first-order valence-electron chi connectivity index (χ1n) is 12.1. The van der Waals surface area contributed by atoms with Crippen LogP contribution in [0.1, 0.15) is 84.0 Å². The Morgan fingerprint density at radius 1 is 0.667 bits per heavy atom. The van der Waals surface area contributed by atoms with E-state index in [-0.39, 0.29) is 0 Å². The molecule has 0 saturated carbocycles. The molecule has 2 aliphatic heterocycles. The van der Waals surface area contributed by atoms with E-state index in [2.05, 4.69) is 39.8 Å². The van der Waals surface area contributed by atoms with Gasteiger partial charge in [-0.3, -0.25) is 0 Å². The van der Waals surface area contributed by atoms with Gasteiger partial charge in [-0.2, -0.15) is 0 Å². The first-order valence-corrected chi connectivity index (χ1v) is 12.1. The SMILES string of the molecule is CC(C)c1c2c(cc3c1CCO3)CC(C1Cc3cc4c(c(C(C)C)c3C1)OCC4)C2. The molecule has 0 aromatic heterocycles. The minimum atomic E-state index is 0.541. The number of rotatable bonds is 3. The monoisotopic (exact) mass is 402 g/mol. The van der Waals surface area contributed by atoms with Crippen molar-refractivity contribution in [1.29, 1.82) is 0 Å². The highest BCUT2D eigenvalue weighted by Gasteiger charge is 2.38. The number of fused-ring (bicyclic) bond motifs is 4. The summed E-state index contributed by atoms with van der Waals surface area (Å²) in [7, 11) is 0. The summed E-state index contributed by atoms with van der Waals surface area (Å²) in [4.78, 5) is 0. The molecule has 0 bridgehead atoms. The lowest BCUT2D eigenvalue weighted by Gasteiger charge is -2.19. The summed E-state index contributed by atoms with van der Waals surface area (Å²) in [6.45, 7) is 11.1. The van der Waals surface area contributed by atoms with Crippen LogP contribution in [-0.2, 0) is 38.5 Å². The highest BCUT2D eigenvalue weighted by Crippen LogP contribution is 2.48. The average molecular weight is 403 g/mol. The number of benzene rings is 2. The average Bonchev–Trinajstić information content (AvgIpc) is 3.46. The van der Waals surface area contributed by atoms with Gasteiger partial charge in [0.1, 0.15) is 11.5 Å². The molecule has 2 unspecified atom stereocenters. The fourth-order valence-electron chi connectivity index (χ4n) is 6.99. The molecule has 0 amide bonds. The molecule has 2 heteroatoms. The van der Waals surface area contributed by atoms with Gasteiger partial charge in [-0.25, -0.2) is 0 Å². The maximum atomic E-state index is 6.10. The van der Waals surface area contributed by atoms with Gasteiger partial charge in [-0.05, 0) is 88.8 Å². The summed E-state index contributed by atoms with van der Waals surface area (Å²) in [5.74, 6) is 5.08. The van der Waals surface area contributed by atoms with Crippen LogP contribution in [0.4, 0.5) is 0 Å². The van der Waals surface area contributed by atoms with Crippen LogP contribution in [0, 0.1) is 11.8 Å². The van der Waals surface area contributed by atoms with Crippen LogP contribution in [0.5, 0.6) is 11.5 Å². The lowest BCUT2D eigenvalue weighted by atomic mass is 9.85. The van der Waals surface area contributed by atoms with Crippen molar-refractivity contribution in [2.24, 2.45) is 11.8 Å². The van der Waals surface area contributed by atoms with E-state index in [4.69, 9.17) is 9.47 Å². The van der Waals surface area contributed by atoms with E-state index in [0.717, 1.165) is 37.9 Å². The molecule has 4 aliphatic rings. The Balaban J connectivity index is 1.32. The van der Waals surface area contributed by atoms with E-state index in [0.29, 0.717) is 11.8 Å². The highest BCUT2D eigenvalue weighted by atomic mass is 16.5. The molecule has 0 spiro atoms. The van der Waals surface area contributed by atoms with Crippen LogP contribution in [0.3, 0.4) is 0 Å². The van der Waals surface area contributed by atoms with E-state index >= 15 is 0 Å². The third kappa shape index (κ3) is 2.68. The van der Waals surface area contributed by atoms with Crippen LogP contribution in [0.25, 0.3) is 0 Å². The fraction of sp³-hybridized carbons (Fsp3) is 0.571. The molecule has 2 aliphatic carbocycles. The highest BCUT2D eigenvalue weighted by molar-refractivity contribution is 5.57. The molecule has 158 valence electrons. The Morgan fingerprint density at radius 2 is 1.30 bits per heavy atom. The summed E-state index contributed by atoms with van der Waals surface area (Å²) in [5, 5.41) is 0. The van der Waals surface area contributed by atoms with Gasteiger partial charge in [0, 0.05) is 24.0 Å². The largest absolute Gasteiger partial charge is 0.493 e. The maximum absolute atomic E-state index is 6.10. The molecule has 2 heterocycles. The quantitative estimate of drug-likeness (QED) is 0.633. The Kier molecular flexibility index (Phi) is 4.24.